The van der Waals surface area contributed by atoms with Crippen molar-refractivity contribution >= 4 is 0 Å². The van der Waals surface area contributed by atoms with E-state index in [2.05, 4.69) is 26.0 Å². The van der Waals surface area contributed by atoms with E-state index in [1.807, 2.05) is 12.1 Å². The Kier molecular flexibility index (Phi) is 3.20. The maximum absolute atomic E-state index is 6.02. The first-order valence-electron chi connectivity index (χ1n) is 5.93. The van der Waals surface area contributed by atoms with E-state index in [-0.39, 0.29) is 5.60 Å². The summed E-state index contributed by atoms with van der Waals surface area (Å²) in [6.45, 7) is 5.18. The third kappa shape index (κ3) is 2.38. The van der Waals surface area contributed by atoms with Gasteiger partial charge >= 0.3 is 0 Å². The normalized spacial score (nSPS) is 17.5. The molecule has 0 aromatic heterocycles. The summed E-state index contributed by atoms with van der Waals surface area (Å²) in [4.78, 5) is 0. The van der Waals surface area contributed by atoms with Crippen molar-refractivity contribution < 1.29 is 9.47 Å². The molecule has 88 valence electrons. The summed E-state index contributed by atoms with van der Waals surface area (Å²) in [5.41, 5.74) is 1.38. The van der Waals surface area contributed by atoms with Crippen LogP contribution in [0, 0.1) is 5.92 Å². The second-order valence-corrected chi connectivity index (χ2v) is 4.86. The van der Waals surface area contributed by atoms with Crippen molar-refractivity contribution in [3.05, 3.63) is 29.8 Å². The summed E-state index contributed by atoms with van der Waals surface area (Å²) >= 11 is 0. The van der Waals surface area contributed by atoms with E-state index in [1.54, 1.807) is 7.11 Å². The predicted molar refractivity (Wildman–Crippen MR) is 64.6 cm³/mol. The molecule has 2 nitrogen and oxygen atoms in total. The summed E-state index contributed by atoms with van der Waals surface area (Å²) in [5, 5.41) is 0. The molecule has 0 amide bonds. The molecule has 1 aromatic rings. The van der Waals surface area contributed by atoms with E-state index >= 15 is 0 Å². The molecule has 0 bridgehead atoms. The van der Waals surface area contributed by atoms with E-state index in [1.165, 1.54) is 18.4 Å². The first-order valence-corrected chi connectivity index (χ1v) is 5.93. The van der Waals surface area contributed by atoms with Gasteiger partial charge in [-0.05, 0) is 36.5 Å². The van der Waals surface area contributed by atoms with Crippen molar-refractivity contribution in [2.45, 2.75) is 38.9 Å². The number of methoxy groups -OCH3 is 1. The van der Waals surface area contributed by atoms with Crippen LogP contribution in [0.5, 0.6) is 5.75 Å². The lowest BCUT2D eigenvalue weighted by Crippen LogP contribution is -2.21. The van der Waals surface area contributed by atoms with Crippen molar-refractivity contribution in [3.63, 3.8) is 0 Å². The van der Waals surface area contributed by atoms with Crippen LogP contribution in [-0.2, 0) is 11.3 Å². The van der Waals surface area contributed by atoms with E-state index in [0.717, 1.165) is 5.75 Å². The molecular weight excluding hydrogens is 200 g/mol. The number of hydrogen-bond donors (Lipinski definition) is 0. The standard InChI is InChI=1S/C14H20O2/c1-11(2)14(8-9-14)16-10-12-4-6-13(15-3)7-5-12/h4-7,11H,8-10H2,1-3H3. The predicted octanol–water partition coefficient (Wildman–Crippen LogP) is 3.40. The summed E-state index contributed by atoms with van der Waals surface area (Å²) in [6, 6.07) is 8.09. The van der Waals surface area contributed by atoms with Crippen molar-refractivity contribution in [1.82, 2.24) is 0 Å². The second kappa shape index (κ2) is 4.46. The minimum atomic E-state index is 0.167. The van der Waals surface area contributed by atoms with Gasteiger partial charge in [0.2, 0.25) is 0 Å². The highest BCUT2D eigenvalue weighted by molar-refractivity contribution is 5.26. The number of ether oxygens (including phenoxy) is 2. The molecule has 1 fully saturated rings. The maximum atomic E-state index is 6.02. The van der Waals surface area contributed by atoms with Crippen LogP contribution in [0.3, 0.4) is 0 Å². The van der Waals surface area contributed by atoms with E-state index in [0.29, 0.717) is 12.5 Å². The van der Waals surface area contributed by atoms with Crippen LogP contribution in [0.4, 0.5) is 0 Å². The summed E-state index contributed by atoms with van der Waals surface area (Å²) in [7, 11) is 1.68. The van der Waals surface area contributed by atoms with Gasteiger partial charge in [0.1, 0.15) is 5.75 Å². The van der Waals surface area contributed by atoms with Gasteiger partial charge in [-0.2, -0.15) is 0 Å². The van der Waals surface area contributed by atoms with Gasteiger partial charge in [-0.15, -0.1) is 0 Å². The number of benzene rings is 1. The zero-order valence-electron chi connectivity index (χ0n) is 10.3. The summed E-state index contributed by atoms with van der Waals surface area (Å²) < 4.78 is 11.1. The lowest BCUT2D eigenvalue weighted by molar-refractivity contribution is -0.0112. The lowest BCUT2D eigenvalue weighted by atomic mass is 10.1. The third-order valence-corrected chi connectivity index (χ3v) is 3.48. The molecule has 2 rings (SSSR count). The quantitative estimate of drug-likeness (QED) is 0.757. The number of rotatable bonds is 5. The highest BCUT2D eigenvalue weighted by Gasteiger charge is 2.46. The molecule has 0 unspecified atom stereocenters. The summed E-state index contributed by atoms with van der Waals surface area (Å²) in [6.07, 6.45) is 2.42. The summed E-state index contributed by atoms with van der Waals surface area (Å²) in [5.74, 6) is 1.51. The molecule has 0 radical (unpaired) electrons. The Balaban J connectivity index is 1.90. The van der Waals surface area contributed by atoms with Crippen LogP contribution in [0.25, 0.3) is 0 Å². The molecular formula is C14H20O2. The Bertz CT molecular complexity index is 336. The topological polar surface area (TPSA) is 18.5 Å². The van der Waals surface area contributed by atoms with Gasteiger partial charge < -0.3 is 9.47 Å². The molecule has 0 saturated heterocycles. The average Bonchev–Trinajstić information content (AvgIpc) is 3.08. The van der Waals surface area contributed by atoms with Crippen molar-refractivity contribution in [2.24, 2.45) is 5.92 Å². The smallest absolute Gasteiger partial charge is 0.118 e. The fourth-order valence-electron chi connectivity index (χ4n) is 1.96. The Hall–Kier alpha value is -1.02. The number of hydrogen-bond acceptors (Lipinski definition) is 2. The van der Waals surface area contributed by atoms with Crippen LogP contribution in [0.2, 0.25) is 0 Å². The van der Waals surface area contributed by atoms with Gasteiger partial charge in [-0.25, -0.2) is 0 Å². The molecule has 0 aliphatic heterocycles. The first kappa shape index (κ1) is 11.5. The zero-order chi connectivity index (χ0) is 11.6. The van der Waals surface area contributed by atoms with Crippen LogP contribution < -0.4 is 4.74 Å². The Morgan fingerprint density at radius 2 is 1.81 bits per heavy atom. The van der Waals surface area contributed by atoms with Crippen LogP contribution in [0.15, 0.2) is 24.3 Å². The molecule has 2 heteroatoms. The third-order valence-electron chi connectivity index (χ3n) is 3.48. The minimum Gasteiger partial charge on any atom is -0.497 e. The fourth-order valence-corrected chi connectivity index (χ4v) is 1.96. The Labute approximate surface area is 97.6 Å². The van der Waals surface area contributed by atoms with Crippen LogP contribution in [-0.4, -0.2) is 12.7 Å². The SMILES string of the molecule is COc1ccc(COC2(C(C)C)CC2)cc1. The zero-order valence-corrected chi connectivity index (χ0v) is 10.3. The monoisotopic (exact) mass is 220 g/mol. The largest absolute Gasteiger partial charge is 0.497 e. The molecule has 1 aromatic carbocycles. The van der Waals surface area contributed by atoms with Crippen LogP contribution in [0.1, 0.15) is 32.3 Å². The van der Waals surface area contributed by atoms with Crippen molar-refractivity contribution in [1.29, 1.82) is 0 Å². The molecule has 0 spiro atoms. The van der Waals surface area contributed by atoms with Gasteiger partial charge in [0, 0.05) is 0 Å². The molecule has 16 heavy (non-hydrogen) atoms. The molecule has 1 aliphatic rings. The van der Waals surface area contributed by atoms with Gasteiger partial charge in [-0.3, -0.25) is 0 Å². The molecule has 1 saturated carbocycles. The van der Waals surface area contributed by atoms with Gasteiger partial charge in [0.25, 0.3) is 0 Å². The average molecular weight is 220 g/mol. The van der Waals surface area contributed by atoms with Gasteiger partial charge in [-0.1, -0.05) is 26.0 Å². The first-order chi connectivity index (χ1) is 7.66. The second-order valence-electron chi connectivity index (χ2n) is 4.86. The van der Waals surface area contributed by atoms with E-state index in [9.17, 15) is 0 Å². The van der Waals surface area contributed by atoms with E-state index < -0.39 is 0 Å². The molecule has 1 aliphatic carbocycles. The Morgan fingerprint density at radius 3 is 2.25 bits per heavy atom. The maximum Gasteiger partial charge on any atom is 0.118 e. The molecule has 0 atom stereocenters. The van der Waals surface area contributed by atoms with E-state index in [4.69, 9.17) is 9.47 Å². The van der Waals surface area contributed by atoms with Crippen molar-refractivity contribution in [2.75, 3.05) is 7.11 Å². The lowest BCUT2D eigenvalue weighted by Gasteiger charge is -2.20. The van der Waals surface area contributed by atoms with Crippen molar-refractivity contribution in [3.8, 4) is 5.75 Å². The van der Waals surface area contributed by atoms with Gasteiger partial charge in [0.15, 0.2) is 0 Å². The molecule has 0 N–H and O–H groups in total. The fraction of sp³-hybridized carbons (Fsp3) is 0.571. The van der Waals surface area contributed by atoms with Crippen LogP contribution >= 0.6 is 0 Å². The highest BCUT2D eigenvalue weighted by atomic mass is 16.5. The Morgan fingerprint density at radius 1 is 1.19 bits per heavy atom. The van der Waals surface area contributed by atoms with Gasteiger partial charge in [0.05, 0.1) is 19.3 Å². The highest BCUT2D eigenvalue weighted by Crippen LogP contribution is 2.46. The molecule has 0 heterocycles. The minimum absolute atomic E-state index is 0.167.